The van der Waals surface area contributed by atoms with Gasteiger partial charge in [0.15, 0.2) is 17.5 Å². The van der Waals surface area contributed by atoms with E-state index in [1.807, 2.05) is 44.1 Å². The van der Waals surface area contributed by atoms with Crippen molar-refractivity contribution in [2.45, 2.75) is 13.0 Å². The minimum atomic E-state index is -2.88. The summed E-state index contributed by atoms with van der Waals surface area (Å²) in [6.45, 7) is -2.33. The van der Waals surface area contributed by atoms with Crippen molar-refractivity contribution in [1.29, 1.82) is 0 Å². The molecule has 23 heavy (non-hydrogen) atoms. The fourth-order valence-electron chi connectivity index (χ4n) is 2.03. The van der Waals surface area contributed by atoms with Crippen LogP contribution < -0.4 is 9.47 Å². The van der Waals surface area contributed by atoms with Gasteiger partial charge in [-0.3, -0.25) is 4.99 Å². The standard InChI is InChI=1S/C15H23F2N3O2.HI/c1-19(2)15(20(3)4)18-9-8-11-6-7-12(21-5)13(10-11)22-14(16)17;/h6-7,10,14H,8-9H2,1-5H3;1H. The number of ether oxygens (including phenoxy) is 2. The van der Waals surface area contributed by atoms with E-state index in [-0.39, 0.29) is 35.5 Å². The van der Waals surface area contributed by atoms with Gasteiger partial charge in [0.25, 0.3) is 0 Å². The lowest BCUT2D eigenvalue weighted by Crippen LogP contribution is -2.35. The molecule has 0 aliphatic rings. The van der Waals surface area contributed by atoms with Crippen LogP contribution in [0, 0.1) is 0 Å². The largest absolute Gasteiger partial charge is 0.493 e. The molecule has 0 bridgehead atoms. The number of alkyl halides is 2. The smallest absolute Gasteiger partial charge is 0.387 e. The number of aliphatic imine (C=N–C) groups is 1. The minimum absolute atomic E-state index is 0. The van der Waals surface area contributed by atoms with E-state index in [0.717, 1.165) is 11.5 Å². The summed E-state index contributed by atoms with van der Waals surface area (Å²) in [7, 11) is 9.08. The Morgan fingerprint density at radius 2 is 1.74 bits per heavy atom. The number of guanidine groups is 1. The van der Waals surface area contributed by atoms with Crippen LogP contribution in [0.15, 0.2) is 23.2 Å². The molecule has 0 atom stereocenters. The molecule has 0 radical (unpaired) electrons. The highest BCUT2D eigenvalue weighted by Gasteiger charge is 2.11. The summed E-state index contributed by atoms with van der Waals surface area (Å²) in [6, 6.07) is 5.00. The number of hydrogen-bond acceptors (Lipinski definition) is 3. The molecule has 0 aromatic heterocycles. The number of hydrogen-bond donors (Lipinski definition) is 0. The third kappa shape index (κ3) is 7.19. The molecule has 0 aliphatic carbocycles. The molecule has 0 unspecified atom stereocenters. The maximum Gasteiger partial charge on any atom is 0.387 e. The summed E-state index contributed by atoms with van der Waals surface area (Å²) in [4.78, 5) is 8.33. The van der Waals surface area contributed by atoms with E-state index in [2.05, 4.69) is 9.73 Å². The predicted octanol–water partition coefficient (Wildman–Crippen LogP) is 2.94. The van der Waals surface area contributed by atoms with E-state index in [9.17, 15) is 8.78 Å². The van der Waals surface area contributed by atoms with Crippen LogP contribution in [-0.4, -0.2) is 64.2 Å². The van der Waals surface area contributed by atoms with Gasteiger partial charge < -0.3 is 19.3 Å². The van der Waals surface area contributed by atoms with Gasteiger partial charge in [-0.25, -0.2) is 0 Å². The lowest BCUT2D eigenvalue weighted by Gasteiger charge is -2.22. The molecule has 0 saturated heterocycles. The molecule has 1 rings (SSSR count). The summed E-state index contributed by atoms with van der Waals surface area (Å²) >= 11 is 0. The number of nitrogens with zero attached hydrogens (tertiary/aromatic N) is 3. The Hall–Kier alpha value is -1.32. The van der Waals surface area contributed by atoms with Crippen LogP contribution in [0.1, 0.15) is 5.56 Å². The first-order valence-electron chi connectivity index (χ1n) is 6.86. The van der Waals surface area contributed by atoms with Gasteiger partial charge in [-0.1, -0.05) is 6.07 Å². The van der Waals surface area contributed by atoms with Crippen molar-refractivity contribution in [3.63, 3.8) is 0 Å². The van der Waals surface area contributed by atoms with Crippen molar-refractivity contribution in [3.05, 3.63) is 23.8 Å². The third-order valence-corrected chi connectivity index (χ3v) is 2.90. The zero-order chi connectivity index (χ0) is 16.7. The Labute approximate surface area is 153 Å². The first-order chi connectivity index (χ1) is 10.3. The molecular weight excluding hydrogens is 419 g/mol. The summed E-state index contributed by atoms with van der Waals surface area (Å²) < 4.78 is 34.3. The first-order valence-corrected chi connectivity index (χ1v) is 6.86. The van der Waals surface area contributed by atoms with Crippen molar-refractivity contribution >= 4 is 29.9 Å². The first kappa shape index (κ1) is 21.7. The average molecular weight is 443 g/mol. The Morgan fingerprint density at radius 3 is 2.22 bits per heavy atom. The van der Waals surface area contributed by atoms with Gasteiger partial charge in [0.2, 0.25) is 0 Å². The van der Waals surface area contributed by atoms with Crippen LogP contribution in [0.3, 0.4) is 0 Å². The second kappa shape index (κ2) is 10.5. The molecule has 0 amide bonds. The highest BCUT2D eigenvalue weighted by atomic mass is 127. The van der Waals surface area contributed by atoms with Gasteiger partial charge >= 0.3 is 6.61 Å². The predicted molar refractivity (Wildman–Crippen MR) is 98.4 cm³/mol. The lowest BCUT2D eigenvalue weighted by atomic mass is 10.1. The number of methoxy groups -OCH3 is 1. The maximum absolute atomic E-state index is 12.4. The van der Waals surface area contributed by atoms with Crippen LogP contribution in [0.4, 0.5) is 8.78 Å². The second-order valence-corrected chi connectivity index (χ2v) is 5.08. The number of rotatable bonds is 6. The molecule has 0 N–H and O–H groups in total. The Balaban J connectivity index is 0.00000484. The lowest BCUT2D eigenvalue weighted by molar-refractivity contribution is -0.0512. The van der Waals surface area contributed by atoms with E-state index in [0.29, 0.717) is 13.0 Å². The van der Waals surface area contributed by atoms with Crippen molar-refractivity contribution < 1.29 is 18.3 Å². The van der Waals surface area contributed by atoms with Crippen LogP contribution in [-0.2, 0) is 6.42 Å². The molecule has 5 nitrogen and oxygen atoms in total. The molecule has 1 aromatic carbocycles. The Morgan fingerprint density at radius 1 is 1.13 bits per heavy atom. The minimum Gasteiger partial charge on any atom is -0.493 e. The molecule has 0 spiro atoms. The fourth-order valence-corrected chi connectivity index (χ4v) is 2.03. The normalized spacial score (nSPS) is 9.91. The number of halogens is 3. The monoisotopic (exact) mass is 443 g/mol. The van der Waals surface area contributed by atoms with Crippen LogP contribution in [0.5, 0.6) is 11.5 Å². The molecule has 0 fully saturated rings. The van der Waals surface area contributed by atoms with E-state index in [1.165, 1.54) is 7.11 Å². The molecule has 8 heteroatoms. The molecule has 0 saturated carbocycles. The van der Waals surface area contributed by atoms with E-state index < -0.39 is 6.61 Å². The summed E-state index contributed by atoms with van der Waals surface area (Å²) in [5.74, 6) is 1.17. The Kier molecular flexibility index (Phi) is 9.85. The van der Waals surface area contributed by atoms with Gasteiger partial charge in [-0.15, -0.1) is 24.0 Å². The van der Waals surface area contributed by atoms with Crippen LogP contribution in [0.2, 0.25) is 0 Å². The average Bonchev–Trinajstić information content (AvgIpc) is 2.42. The quantitative estimate of drug-likeness (QED) is 0.385. The van der Waals surface area contributed by atoms with Crippen molar-refractivity contribution in [3.8, 4) is 11.5 Å². The molecule has 0 aliphatic heterocycles. The highest BCUT2D eigenvalue weighted by Crippen LogP contribution is 2.29. The van der Waals surface area contributed by atoms with Crippen molar-refractivity contribution in [1.82, 2.24) is 9.80 Å². The van der Waals surface area contributed by atoms with Gasteiger partial charge in [-0.2, -0.15) is 8.78 Å². The zero-order valence-corrected chi connectivity index (χ0v) is 16.4. The summed E-state index contributed by atoms with van der Waals surface area (Å²) in [6.07, 6.45) is 0.620. The highest BCUT2D eigenvalue weighted by molar-refractivity contribution is 14.0. The van der Waals surface area contributed by atoms with E-state index >= 15 is 0 Å². The maximum atomic E-state index is 12.4. The second-order valence-electron chi connectivity index (χ2n) is 5.08. The topological polar surface area (TPSA) is 37.3 Å². The third-order valence-electron chi connectivity index (χ3n) is 2.90. The molecule has 0 heterocycles. The summed E-state index contributed by atoms with van der Waals surface area (Å²) in [5.41, 5.74) is 0.858. The molecule has 1 aromatic rings. The SMILES string of the molecule is COc1ccc(CCN=C(N(C)C)N(C)C)cc1OC(F)F.I. The van der Waals surface area contributed by atoms with Gasteiger partial charge in [0.1, 0.15) is 0 Å². The van der Waals surface area contributed by atoms with Gasteiger partial charge in [0.05, 0.1) is 7.11 Å². The fraction of sp³-hybridized carbons (Fsp3) is 0.533. The van der Waals surface area contributed by atoms with E-state index in [4.69, 9.17) is 4.74 Å². The van der Waals surface area contributed by atoms with Crippen molar-refractivity contribution in [2.75, 3.05) is 41.8 Å². The van der Waals surface area contributed by atoms with Crippen LogP contribution in [0.25, 0.3) is 0 Å². The molecular formula is C15H24F2IN3O2. The van der Waals surface area contributed by atoms with Gasteiger partial charge in [0, 0.05) is 34.7 Å². The zero-order valence-electron chi connectivity index (χ0n) is 14.0. The van der Waals surface area contributed by atoms with Gasteiger partial charge in [-0.05, 0) is 24.1 Å². The number of benzene rings is 1. The molecule has 132 valence electrons. The Bertz CT molecular complexity index is 501. The van der Waals surface area contributed by atoms with Crippen molar-refractivity contribution in [2.24, 2.45) is 4.99 Å². The van der Waals surface area contributed by atoms with E-state index in [1.54, 1.807) is 12.1 Å². The summed E-state index contributed by atoms with van der Waals surface area (Å²) in [5, 5.41) is 0. The van der Waals surface area contributed by atoms with Crippen LogP contribution >= 0.6 is 24.0 Å².